The van der Waals surface area contributed by atoms with E-state index in [1.54, 1.807) is 0 Å². The summed E-state index contributed by atoms with van der Waals surface area (Å²) in [7, 11) is -4.28. The Bertz CT molecular complexity index is 287. The Morgan fingerprint density at radius 2 is 1.61 bits per heavy atom. The van der Waals surface area contributed by atoms with Crippen LogP contribution in [-0.4, -0.2) is 19.6 Å². The van der Waals surface area contributed by atoms with Crippen LogP contribution >= 0.6 is 0 Å². The standard InChI is InChI=1S/C13H28O4S/c1-4-5-6-7-8-12(2)9-10-13(3)11-17-18(14,15)16/h12-13H,4-11H2,1-3H3,(H,14,15,16). The first-order chi connectivity index (χ1) is 8.35. The van der Waals surface area contributed by atoms with Crippen LogP contribution in [0.4, 0.5) is 0 Å². The molecule has 0 saturated carbocycles. The lowest BCUT2D eigenvalue weighted by atomic mass is 9.94. The van der Waals surface area contributed by atoms with E-state index in [0.29, 0.717) is 5.92 Å². The van der Waals surface area contributed by atoms with E-state index in [4.69, 9.17) is 4.55 Å². The molecule has 2 atom stereocenters. The molecular formula is C13H28O4S. The van der Waals surface area contributed by atoms with Crippen molar-refractivity contribution in [2.75, 3.05) is 6.61 Å². The average molecular weight is 280 g/mol. The van der Waals surface area contributed by atoms with Crippen molar-refractivity contribution >= 4 is 10.4 Å². The van der Waals surface area contributed by atoms with Crippen LogP contribution in [-0.2, 0) is 14.6 Å². The molecule has 0 aromatic rings. The van der Waals surface area contributed by atoms with Gasteiger partial charge in [-0.15, -0.1) is 0 Å². The summed E-state index contributed by atoms with van der Waals surface area (Å²) in [6.07, 6.45) is 8.43. The summed E-state index contributed by atoms with van der Waals surface area (Å²) in [6, 6.07) is 0. The molecular weight excluding hydrogens is 252 g/mol. The third-order valence-corrected chi connectivity index (χ3v) is 3.64. The number of rotatable bonds is 11. The van der Waals surface area contributed by atoms with Gasteiger partial charge in [-0.2, -0.15) is 8.42 Å². The van der Waals surface area contributed by atoms with Gasteiger partial charge in [0.1, 0.15) is 0 Å². The van der Waals surface area contributed by atoms with Crippen LogP contribution in [0, 0.1) is 11.8 Å². The van der Waals surface area contributed by atoms with E-state index >= 15 is 0 Å². The zero-order chi connectivity index (χ0) is 14.0. The van der Waals surface area contributed by atoms with Gasteiger partial charge >= 0.3 is 10.4 Å². The molecule has 5 heteroatoms. The zero-order valence-corrected chi connectivity index (χ0v) is 12.7. The fraction of sp³-hybridized carbons (Fsp3) is 1.00. The van der Waals surface area contributed by atoms with Crippen molar-refractivity contribution in [1.29, 1.82) is 0 Å². The fourth-order valence-corrected chi connectivity index (χ4v) is 2.32. The lowest BCUT2D eigenvalue weighted by molar-refractivity contribution is 0.218. The normalized spacial score (nSPS) is 15.6. The number of hydrogen-bond acceptors (Lipinski definition) is 3. The Balaban J connectivity index is 3.55. The van der Waals surface area contributed by atoms with Crippen LogP contribution in [0.2, 0.25) is 0 Å². The molecule has 0 aliphatic rings. The van der Waals surface area contributed by atoms with E-state index in [9.17, 15) is 8.42 Å². The highest BCUT2D eigenvalue weighted by molar-refractivity contribution is 7.80. The highest BCUT2D eigenvalue weighted by Gasteiger charge is 2.11. The predicted octanol–water partition coefficient (Wildman–Crippen LogP) is 3.83. The summed E-state index contributed by atoms with van der Waals surface area (Å²) in [5.74, 6) is 0.833. The minimum absolute atomic E-state index is 0.0708. The SMILES string of the molecule is CCCCCCC(C)CCC(C)COS(=O)(=O)O. The van der Waals surface area contributed by atoms with E-state index in [1.807, 2.05) is 6.92 Å². The van der Waals surface area contributed by atoms with E-state index in [0.717, 1.165) is 12.8 Å². The Kier molecular flexibility index (Phi) is 9.68. The molecule has 110 valence electrons. The van der Waals surface area contributed by atoms with Crippen molar-refractivity contribution in [2.45, 2.75) is 65.7 Å². The molecule has 18 heavy (non-hydrogen) atoms. The zero-order valence-electron chi connectivity index (χ0n) is 11.9. The maximum atomic E-state index is 10.4. The molecule has 0 fully saturated rings. The van der Waals surface area contributed by atoms with Crippen molar-refractivity contribution in [2.24, 2.45) is 11.8 Å². The molecule has 0 spiro atoms. The van der Waals surface area contributed by atoms with Gasteiger partial charge in [0.05, 0.1) is 6.61 Å². The summed E-state index contributed by atoms with van der Waals surface area (Å²) in [4.78, 5) is 0. The maximum Gasteiger partial charge on any atom is 0.397 e. The van der Waals surface area contributed by atoms with Gasteiger partial charge in [0.15, 0.2) is 0 Å². The maximum absolute atomic E-state index is 10.4. The molecule has 0 rings (SSSR count). The minimum Gasteiger partial charge on any atom is -0.264 e. The second-order valence-electron chi connectivity index (χ2n) is 5.35. The molecule has 1 N–H and O–H groups in total. The van der Waals surface area contributed by atoms with Gasteiger partial charge in [-0.25, -0.2) is 4.18 Å². The van der Waals surface area contributed by atoms with Crippen molar-refractivity contribution in [3.8, 4) is 0 Å². The number of hydrogen-bond donors (Lipinski definition) is 1. The molecule has 4 nitrogen and oxygen atoms in total. The largest absolute Gasteiger partial charge is 0.397 e. The van der Waals surface area contributed by atoms with Gasteiger partial charge in [-0.1, -0.05) is 59.3 Å². The van der Waals surface area contributed by atoms with Gasteiger partial charge < -0.3 is 0 Å². The first-order valence-electron chi connectivity index (χ1n) is 6.97. The first-order valence-corrected chi connectivity index (χ1v) is 8.33. The lowest BCUT2D eigenvalue weighted by Gasteiger charge is -2.14. The van der Waals surface area contributed by atoms with Crippen molar-refractivity contribution in [3.63, 3.8) is 0 Å². The van der Waals surface area contributed by atoms with E-state index in [2.05, 4.69) is 18.0 Å². The highest BCUT2D eigenvalue weighted by atomic mass is 32.3. The van der Waals surface area contributed by atoms with Crippen LogP contribution in [0.25, 0.3) is 0 Å². The van der Waals surface area contributed by atoms with E-state index < -0.39 is 10.4 Å². The van der Waals surface area contributed by atoms with Crippen LogP contribution in [0.5, 0.6) is 0 Å². The van der Waals surface area contributed by atoms with E-state index in [-0.39, 0.29) is 12.5 Å². The van der Waals surface area contributed by atoms with Crippen LogP contribution in [0.15, 0.2) is 0 Å². The van der Waals surface area contributed by atoms with Gasteiger partial charge in [-0.05, 0) is 18.3 Å². The molecule has 0 bridgehead atoms. The molecule has 0 aromatic heterocycles. The average Bonchev–Trinajstić information content (AvgIpc) is 2.28. The van der Waals surface area contributed by atoms with Gasteiger partial charge in [0.2, 0.25) is 0 Å². The van der Waals surface area contributed by atoms with Gasteiger partial charge in [0, 0.05) is 0 Å². The summed E-state index contributed by atoms with van der Waals surface area (Å²) in [5, 5.41) is 0. The molecule has 0 aliphatic carbocycles. The Hall–Kier alpha value is -0.130. The van der Waals surface area contributed by atoms with Crippen LogP contribution in [0.1, 0.15) is 65.7 Å². The molecule has 0 saturated heterocycles. The molecule has 2 unspecified atom stereocenters. The summed E-state index contributed by atoms with van der Waals surface area (Å²) in [5.41, 5.74) is 0. The lowest BCUT2D eigenvalue weighted by Crippen LogP contribution is -2.12. The molecule has 0 aromatic carbocycles. The molecule has 0 amide bonds. The number of unbranched alkanes of at least 4 members (excludes halogenated alkanes) is 3. The fourth-order valence-electron chi connectivity index (χ4n) is 1.92. The predicted molar refractivity (Wildman–Crippen MR) is 73.8 cm³/mol. The summed E-state index contributed by atoms with van der Waals surface area (Å²) < 4.78 is 33.6. The summed E-state index contributed by atoms with van der Waals surface area (Å²) >= 11 is 0. The van der Waals surface area contributed by atoms with Crippen molar-refractivity contribution in [1.82, 2.24) is 0 Å². The van der Waals surface area contributed by atoms with Gasteiger partial charge in [-0.3, -0.25) is 4.55 Å². The topological polar surface area (TPSA) is 63.6 Å². The quantitative estimate of drug-likeness (QED) is 0.461. The first kappa shape index (κ1) is 17.9. The second-order valence-corrected chi connectivity index (χ2v) is 6.44. The Morgan fingerprint density at radius 3 is 2.17 bits per heavy atom. The monoisotopic (exact) mass is 280 g/mol. The smallest absolute Gasteiger partial charge is 0.264 e. The molecule has 0 radical (unpaired) electrons. The Morgan fingerprint density at radius 1 is 1.00 bits per heavy atom. The highest BCUT2D eigenvalue weighted by Crippen LogP contribution is 2.18. The second kappa shape index (κ2) is 9.75. The Labute approximate surface area is 112 Å². The van der Waals surface area contributed by atoms with E-state index in [1.165, 1.54) is 32.1 Å². The minimum atomic E-state index is -4.28. The van der Waals surface area contributed by atoms with Crippen molar-refractivity contribution < 1.29 is 17.2 Å². The van der Waals surface area contributed by atoms with Crippen LogP contribution < -0.4 is 0 Å². The van der Waals surface area contributed by atoms with Crippen LogP contribution in [0.3, 0.4) is 0 Å². The van der Waals surface area contributed by atoms with Gasteiger partial charge in [0.25, 0.3) is 0 Å². The molecule has 0 heterocycles. The van der Waals surface area contributed by atoms with Crippen molar-refractivity contribution in [3.05, 3.63) is 0 Å². The third-order valence-electron chi connectivity index (χ3n) is 3.20. The molecule has 0 aliphatic heterocycles. The third kappa shape index (κ3) is 12.3. The summed E-state index contributed by atoms with van der Waals surface area (Å²) in [6.45, 7) is 6.46.